The molecule has 2 rings (SSSR count). The van der Waals surface area contributed by atoms with Crippen molar-refractivity contribution in [3.63, 3.8) is 0 Å². The van der Waals surface area contributed by atoms with Gasteiger partial charge in [-0.05, 0) is 43.4 Å². The molecule has 0 bridgehead atoms. The first kappa shape index (κ1) is 19.8. The lowest BCUT2D eigenvalue weighted by Crippen LogP contribution is -2.18. The van der Waals surface area contributed by atoms with E-state index in [1.165, 1.54) is 0 Å². The van der Waals surface area contributed by atoms with Gasteiger partial charge in [0.25, 0.3) is 5.91 Å². The number of hydrogen-bond donors (Lipinski definition) is 2. The van der Waals surface area contributed by atoms with Crippen LogP contribution >= 0.6 is 0 Å². The van der Waals surface area contributed by atoms with E-state index in [9.17, 15) is 4.79 Å². The zero-order valence-electron chi connectivity index (χ0n) is 16.1. The summed E-state index contributed by atoms with van der Waals surface area (Å²) < 4.78 is 5.03. The lowest BCUT2D eigenvalue weighted by atomic mass is 10.0. The fraction of sp³-hybridized carbons (Fsp3) is 0.450. The maximum absolute atomic E-state index is 12.8. The Balaban J connectivity index is 2.18. The molecular weight excluding hydrogens is 328 g/mol. The van der Waals surface area contributed by atoms with Gasteiger partial charge < -0.3 is 15.4 Å². The molecule has 1 aromatic carbocycles. The van der Waals surface area contributed by atoms with Crippen LogP contribution in [0.4, 0.5) is 11.6 Å². The van der Waals surface area contributed by atoms with Crippen LogP contribution in [0.1, 0.15) is 47.6 Å². The highest BCUT2D eigenvalue weighted by Crippen LogP contribution is 2.23. The van der Waals surface area contributed by atoms with Gasteiger partial charge in [0.2, 0.25) is 5.95 Å². The summed E-state index contributed by atoms with van der Waals surface area (Å²) in [6, 6.07) is 7.83. The maximum atomic E-state index is 12.8. The van der Waals surface area contributed by atoms with Gasteiger partial charge in [-0.25, -0.2) is 9.97 Å². The summed E-state index contributed by atoms with van der Waals surface area (Å²) in [6.45, 7) is 7.38. The van der Waals surface area contributed by atoms with E-state index in [0.29, 0.717) is 24.8 Å². The van der Waals surface area contributed by atoms with E-state index in [1.54, 1.807) is 13.2 Å². The molecule has 0 radical (unpaired) electrons. The highest BCUT2D eigenvalue weighted by atomic mass is 16.5. The number of aromatic nitrogens is 2. The van der Waals surface area contributed by atoms with Gasteiger partial charge in [0.05, 0.1) is 0 Å². The van der Waals surface area contributed by atoms with Crippen LogP contribution in [0.5, 0.6) is 0 Å². The van der Waals surface area contributed by atoms with Crippen molar-refractivity contribution in [2.24, 2.45) is 0 Å². The number of carbonyl (C=O) groups excluding carboxylic acids is 1. The van der Waals surface area contributed by atoms with Crippen molar-refractivity contribution in [2.75, 3.05) is 30.9 Å². The number of ether oxygens (including phenoxy) is 1. The molecule has 0 aliphatic carbocycles. The summed E-state index contributed by atoms with van der Waals surface area (Å²) in [5.41, 5.74) is 4.26. The number of amides is 1. The summed E-state index contributed by atoms with van der Waals surface area (Å²) in [4.78, 5) is 21.5. The normalized spacial score (nSPS) is 10.6. The van der Waals surface area contributed by atoms with E-state index in [4.69, 9.17) is 4.74 Å². The highest BCUT2D eigenvalue weighted by molar-refractivity contribution is 6.04. The number of benzene rings is 1. The Bertz CT molecular complexity index is 724. The molecule has 26 heavy (non-hydrogen) atoms. The third kappa shape index (κ3) is 5.26. The van der Waals surface area contributed by atoms with Gasteiger partial charge in [0, 0.05) is 31.6 Å². The molecule has 6 nitrogen and oxygen atoms in total. The summed E-state index contributed by atoms with van der Waals surface area (Å²) in [7, 11) is 1.67. The van der Waals surface area contributed by atoms with Gasteiger partial charge >= 0.3 is 0 Å². The monoisotopic (exact) mass is 356 g/mol. The predicted octanol–water partition coefficient (Wildman–Crippen LogP) is 3.61. The SMILES string of the molecule is CCc1cccc(CC)c1NC(=O)c1cc(C)nc(NCCCOC)n1. The molecule has 0 fully saturated rings. The number of nitrogens with zero attached hydrogens (tertiary/aromatic N) is 2. The van der Waals surface area contributed by atoms with Crippen molar-refractivity contribution >= 4 is 17.5 Å². The molecule has 0 saturated heterocycles. The van der Waals surface area contributed by atoms with E-state index in [2.05, 4.69) is 34.4 Å². The summed E-state index contributed by atoms with van der Waals surface area (Å²) >= 11 is 0. The molecule has 6 heteroatoms. The maximum Gasteiger partial charge on any atom is 0.274 e. The minimum Gasteiger partial charge on any atom is -0.385 e. The standard InChI is InChI=1S/C20H28N4O2/c1-5-15-9-7-10-16(6-2)18(15)24-19(25)17-13-14(3)22-20(23-17)21-11-8-12-26-4/h7,9-10,13H,5-6,8,11-12H2,1-4H3,(H,24,25)(H,21,22,23). The third-order valence-corrected chi connectivity index (χ3v) is 4.13. The lowest BCUT2D eigenvalue weighted by Gasteiger charge is -2.14. The Kier molecular flexibility index (Phi) is 7.53. The summed E-state index contributed by atoms with van der Waals surface area (Å²) in [5.74, 6) is 0.247. The van der Waals surface area contributed by atoms with Gasteiger partial charge in [-0.2, -0.15) is 0 Å². The van der Waals surface area contributed by atoms with E-state index in [-0.39, 0.29) is 5.91 Å². The number of nitrogens with one attached hydrogen (secondary N) is 2. The molecule has 2 aromatic rings. The zero-order valence-corrected chi connectivity index (χ0v) is 16.1. The Morgan fingerprint density at radius 3 is 2.46 bits per heavy atom. The molecule has 140 valence electrons. The number of para-hydroxylation sites is 1. The Morgan fingerprint density at radius 2 is 1.85 bits per heavy atom. The van der Waals surface area contributed by atoms with E-state index < -0.39 is 0 Å². The molecule has 0 unspecified atom stereocenters. The van der Waals surface area contributed by atoms with Crippen LogP contribution in [0.3, 0.4) is 0 Å². The van der Waals surface area contributed by atoms with Crippen LogP contribution in [0.25, 0.3) is 0 Å². The average molecular weight is 356 g/mol. The number of aryl methyl sites for hydroxylation is 3. The minimum absolute atomic E-state index is 0.217. The van der Waals surface area contributed by atoms with Crippen molar-refractivity contribution in [3.8, 4) is 0 Å². The third-order valence-electron chi connectivity index (χ3n) is 4.13. The van der Waals surface area contributed by atoms with Crippen LogP contribution < -0.4 is 10.6 Å². The molecule has 2 N–H and O–H groups in total. The Morgan fingerprint density at radius 1 is 1.15 bits per heavy atom. The molecule has 1 amide bonds. The fourth-order valence-corrected chi connectivity index (χ4v) is 2.76. The molecular formula is C20H28N4O2. The van der Waals surface area contributed by atoms with Crippen molar-refractivity contribution in [1.29, 1.82) is 0 Å². The summed E-state index contributed by atoms with van der Waals surface area (Å²) in [5, 5.41) is 6.19. The van der Waals surface area contributed by atoms with Crippen LogP contribution in [0.15, 0.2) is 24.3 Å². The van der Waals surface area contributed by atoms with Gasteiger partial charge in [-0.1, -0.05) is 32.0 Å². The second kappa shape index (κ2) is 9.87. The van der Waals surface area contributed by atoms with Crippen molar-refractivity contribution in [1.82, 2.24) is 9.97 Å². The smallest absolute Gasteiger partial charge is 0.274 e. The first-order chi connectivity index (χ1) is 12.6. The number of anilines is 2. The van der Waals surface area contributed by atoms with E-state index in [0.717, 1.165) is 41.8 Å². The second-order valence-electron chi connectivity index (χ2n) is 6.10. The molecule has 0 saturated carbocycles. The Labute approximate surface area is 155 Å². The van der Waals surface area contributed by atoms with Gasteiger partial charge in [0.15, 0.2) is 0 Å². The van der Waals surface area contributed by atoms with E-state index in [1.807, 2.05) is 25.1 Å². The quantitative estimate of drug-likeness (QED) is 0.671. The second-order valence-corrected chi connectivity index (χ2v) is 6.10. The van der Waals surface area contributed by atoms with Crippen molar-refractivity contribution in [3.05, 3.63) is 46.8 Å². The lowest BCUT2D eigenvalue weighted by molar-refractivity contribution is 0.102. The molecule has 1 aromatic heterocycles. The average Bonchev–Trinajstić information content (AvgIpc) is 2.65. The topological polar surface area (TPSA) is 76.1 Å². The summed E-state index contributed by atoms with van der Waals surface area (Å²) in [6.07, 6.45) is 2.57. The molecule has 0 aliphatic heterocycles. The van der Waals surface area contributed by atoms with Crippen molar-refractivity contribution in [2.45, 2.75) is 40.0 Å². The molecule has 1 heterocycles. The first-order valence-corrected chi connectivity index (χ1v) is 9.09. The number of methoxy groups -OCH3 is 1. The minimum atomic E-state index is -0.217. The number of rotatable bonds is 9. The molecule has 0 atom stereocenters. The predicted molar refractivity (Wildman–Crippen MR) is 105 cm³/mol. The van der Waals surface area contributed by atoms with Crippen LogP contribution in [0, 0.1) is 6.92 Å². The van der Waals surface area contributed by atoms with Gasteiger partial charge in [-0.3, -0.25) is 4.79 Å². The zero-order chi connectivity index (χ0) is 18.9. The van der Waals surface area contributed by atoms with Crippen molar-refractivity contribution < 1.29 is 9.53 Å². The van der Waals surface area contributed by atoms with Crippen LogP contribution in [-0.2, 0) is 17.6 Å². The van der Waals surface area contributed by atoms with Gasteiger partial charge in [-0.15, -0.1) is 0 Å². The molecule has 0 spiro atoms. The highest BCUT2D eigenvalue weighted by Gasteiger charge is 2.14. The van der Waals surface area contributed by atoms with E-state index >= 15 is 0 Å². The number of carbonyl (C=O) groups is 1. The first-order valence-electron chi connectivity index (χ1n) is 9.09. The Hall–Kier alpha value is -2.47. The fourth-order valence-electron chi connectivity index (χ4n) is 2.76. The largest absolute Gasteiger partial charge is 0.385 e. The molecule has 0 aliphatic rings. The number of hydrogen-bond acceptors (Lipinski definition) is 5. The van der Waals surface area contributed by atoms with Gasteiger partial charge in [0.1, 0.15) is 5.69 Å². The van der Waals surface area contributed by atoms with Crippen LogP contribution in [-0.4, -0.2) is 36.1 Å². The van der Waals surface area contributed by atoms with Crippen LogP contribution in [0.2, 0.25) is 0 Å².